The average molecular weight is 290 g/mol. The van der Waals surface area contributed by atoms with E-state index in [2.05, 4.69) is 0 Å². The van der Waals surface area contributed by atoms with Gasteiger partial charge in [-0.2, -0.15) is 0 Å². The molecule has 20 heavy (non-hydrogen) atoms. The normalized spacial score (nSPS) is 20.6. The van der Waals surface area contributed by atoms with Crippen LogP contribution in [0.1, 0.15) is 22.5 Å². The molecule has 0 amide bonds. The molecule has 2 heterocycles. The van der Waals surface area contributed by atoms with Crippen molar-refractivity contribution in [2.24, 2.45) is 0 Å². The van der Waals surface area contributed by atoms with E-state index in [0.717, 1.165) is 0 Å². The second kappa shape index (κ2) is 4.49. The maximum absolute atomic E-state index is 12.7. The molecule has 1 unspecified atom stereocenters. The van der Waals surface area contributed by atoms with Crippen molar-refractivity contribution in [1.82, 2.24) is 4.57 Å². The molecule has 0 saturated heterocycles. The predicted octanol–water partition coefficient (Wildman–Crippen LogP) is 2.75. The Morgan fingerprint density at radius 3 is 2.60 bits per heavy atom. The summed E-state index contributed by atoms with van der Waals surface area (Å²) < 4.78 is 1.75. The number of halogens is 1. The molecular formula is C15H12ClNO3. The van der Waals surface area contributed by atoms with Gasteiger partial charge in [-0.05, 0) is 12.5 Å². The molecule has 1 aliphatic heterocycles. The molecule has 1 aliphatic rings. The summed E-state index contributed by atoms with van der Waals surface area (Å²) in [5.74, 6) is -1.51. The Bertz CT molecular complexity index is 692. The van der Waals surface area contributed by atoms with Gasteiger partial charge in [0.1, 0.15) is 0 Å². The smallest absolute Gasteiger partial charge is 0.323 e. The second-order valence-corrected chi connectivity index (χ2v) is 5.33. The number of rotatable bonds is 3. The third-order valence-electron chi connectivity index (χ3n) is 3.82. The van der Waals surface area contributed by atoms with Gasteiger partial charge in [-0.1, -0.05) is 41.9 Å². The van der Waals surface area contributed by atoms with E-state index in [9.17, 15) is 14.7 Å². The Kier molecular flexibility index (Phi) is 2.91. The van der Waals surface area contributed by atoms with Gasteiger partial charge in [0.2, 0.25) is 0 Å². The lowest BCUT2D eigenvalue weighted by atomic mass is 9.76. The van der Waals surface area contributed by atoms with Crippen LogP contribution in [0.25, 0.3) is 0 Å². The lowest BCUT2D eigenvalue weighted by Gasteiger charge is -2.22. The number of fused-ring (bicyclic) bond motifs is 1. The van der Waals surface area contributed by atoms with E-state index in [-0.39, 0.29) is 12.2 Å². The van der Waals surface area contributed by atoms with Crippen LogP contribution in [-0.4, -0.2) is 21.4 Å². The Hall–Kier alpha value is -2.07. The fraction of sp³-hybridized carbons (Fsp3) is 0.200. The number of Topliss-reactive ketones (excluding diaryl/α,β-unsaturated/α-hetero) is 1. The third kappa shape index (κ3) is 1.68. The van der Waals surface area contributed by atoms with Gasteiger partial charge in [0.25, 0.3) is 0 Å². The first-order chi connectivity index (χ1) is 9.55. The first kappa shape index (κ1) is 12.9. The average Bonchev–Trinajstić information content (AvgIpc) is 2.96. The summed E-state index contributed by atoms with van der Waals surface area (Å²) in [5.41, 5.74) is -0.668. The fourth-order valence-electron chi connectivity index (χ4n) is 2.82. The van der Waals surface area contributed by atoms with E-state index in [1.165, 1.54) is 0 Å². The molecule has 0 fully saturated rings. The minimum atomic E-state index is -1.53. The van der Waals surface area contributed by atoms with Crippen molar-refractivity contribution < 1.29 is 14.7 Å². The summed E-state index contributed by atoms with van der Waals surface area (Å²) in [7, 11) is 0. The number of benzene rings is 1. The molecule has 0 bridgehead atoms. The van der Waals surface area contributed by atoms with Gasteiger partial charge in [-0.25, -0.2) is 0 Å². The van der Waals surface area contributed by atoms with Crippen molar-refractivity contribution in [2.45, 2.75) is 18.4 Å². The molecule has 1 aromatic carbocycles. The second-order valence-electron chi connectivity index (χ2n) is 4.89. The van der Waals surface area contributed by atoms with Gasteiger partial charge >= 0.3 is 5.97 Å². The lowest BCUT2D eigenvalue weighted by molar-refractivity contribution is -0.141. The van der Waals surface area contributed by atoms with Crippen LogP contribution in [0, 0.1) is 0 Å². The topological polar surface area (TPSA) is 59.3 Å². The molecule has 0 radical (unpaired) electrons. The fourth-order valence-corrected chi connectivity index (χ4v) is 3.04. The van der Waals surface area contributed by atoms with E-state index in [1.807, 2.05) is 0 Å². The number of carboxylic acids is 1. The number of aromatic nitrogens is 1. The highest BCUT2D eigenvalue weighted by Gasteiger charge is 2.52. The first-order valence-corrected chi connectivity index (χ1v) is 6.63. The molecule has 3 rings (SSSR count). The standard InChI is InChI=1S/C15H12ClNO3/c16-11-8-12-15(14(19)20,6-7-17(12)9-11)13(18)10-4-2-1-3-5-10/h1-5,8-9H,6-7H2,(H,19,20). The number of ketones is 1. The maximum Gasteiger partial charge on any atom is 0.323 e. The highest BCUT2D eigenvalue weighted by atomic mass is 35.5. The zero-order valence-corrected chi connectivity index (χ0v) is 11.3. The third-order valence-corrected chi connectivity index (χ3v) is 4.02. The Morgan fingerprint density at radius 1 is 1.25 bits per heavy atom. The number of nitrogens with zero attached hydrogens (tertiary/aromatic N) is 1. The molecule has 4 nitrogen and oxygen atoms in total. The lowest BCUT2D eigenvalue weighted by Crippen LogP contribution is -2.42. The van der Waals surface area contributed by atoms with E-state index in [1.54, 1.807) is 47.2 Å². The van der Waals surface area contributed by atoms with Gasteiger partial charge in [0, 0.05) is 24.0 Å². The highest BCUT2D eigenvalue weighted by Crippen LogP contribution is 2.40. The van der Waals surface area contributed by atoms with Gasteiger partial charge in [0.15, 0.2) is 11.2 Å². The summed E-state index contributed by atoms with van der Waals surface area (Å²) in [6.45, 7) is 0.479. The van der Waals surface area contributed by atoms with Gasteiger partial charge in [0.05, 0.1) is 5.02 Å². The van der Waals surface area contributed by atoms with Crippen molar-refractivity contribution in [2.75, 3.05) is 0 Å². The van der Waals surface area contributed by atoms with E-state index < -0.39 is 11.4 Å². The van der Waals surface area contributed by atoms with Crippen LogP contribution in [0.3, 0.4) is 0 Å². The van der Waals surface area contributed by atoms with E-state index in [0.29, 0.717) is 22.8 Å². The quantitative estimate of drug-likeness (QED) is 0.698. The van der Waals surface area contributed by atoms with Gasteiger partial charge in [-0.15, -0.1) is 0 Å². The summed E-state index contributed by atoms with van der Waals surface area (Å²) in [6.07, 6.45) is 1.92. The van der Waals surface area contributed by atoms with Crippen LogP contribution in [0.15, 0.2) is 42.6 Å². The largest absolute Gasteiger partial charge is 0.480 e. The van der Waals surface area contributed by atoms with Crippen LogP contribution in [-0.2, 0) is 16.8 Å². The number of carboxylic acid groups (broad SMARTS) is 1. The summed E-state index contributed by atoms with van der Waals surface area (Å²) in [4.78, 5) is 24.6. The van der Waals surface area contributed by atoms with Crippen LogP contribution in [0.2, 0.25) is 5.02 Å². The predicted molar refractivity (Wildman–Crippen MR) is 74.1 cm³/mol. The minimum absolute atomic E-state index is 0.253. The molecule has 1 aromatic heterocycles. The molecule has 0 saturated carbocycles. The van der Waals surface area contributed by atoms with E-state index >= 15 is 0 Å². The molecule has 0 spiro atoms. The molecule has 102 valence electrons. The summed E-state index contributed by atoms with van der Waals surface area (Å²) in [6, 6.07) is 10.1. The van der Waals surface area contributed by atoms with Crippen molar-refractivity contribution in [1.29, 1.82) is 0 Å². The number of carbonyl (C=O) groups is 2. The van der Waals surface area contributed by atoms with E-state index in [4.69, 9.17) is 11.6 Å². The van der Waals surface area contributed by atoms with Crippen molar-refractivity contribution in [3.63, 3.8) is 0 Å². The van der Waals surface area contributed by atoms with Crippen molar-refractivity contribution in [3.8, 4) is 0 Å². The Morgan fingerprint density at radius 2 is 1.95 bits per heavy atom. The van der Waals surface area contributed by atoms with Gasteiger partial charge in [-0.3, -0.25) is 9.59 Å². The number of hydrogen-bond acceptors (Lipinski definition) is 2. The molecule has 1 N–H and O–H groups in total. The zero-order valence-electron chi connectivity index (χ0n) is 10.5. The number of aliphatic carboxylic acids is 1. The summed E-state index contributed by atoms with van der Waals surface area (Å²) >= 11 is 5.94. The molecule has 0 aliphatic carbocycles. The first-order valence-electron chi connectivity index (χ1n) is 6.25. The van der Waals surface area contributed by atoms with Crippen LogP contribution in [0.4, 0.5) is 0 Å². The monoisotopic (exact) mass is 289 g/mol. The molecule has 1 atom stereocenters. The van der Waals surface area contributed by atoms with Crippen LogP contribution < -0.4 is 0 Å². The Balaban J connectivity index is 2.16. The minimum Gasteiger partial charge on any atom is -0.480 e. The van der Waals surface area contributed by atoms with Crippen molar-refractivity contribution >= 4 is 23.4 Å². The SMILES string of the molecule is O=C(O)C1(C(=O)c2ccccc2)CCn2cc(Cl)cc21. The van der Waals surface area contributed by atoms with Crippen LogP contribution in [0.5, 0.6) is 0 Å². The molecular weight excluding hydrogens is 278 g/mol. The van der Waals surface area contributed by atoms with Gasteiger partial charge < -0.3 is 9.67 Å². The number of aryl methyl sites for hydroxylation is 1. The highest BCUT2D eigenvalue weighted by molar-refractivity contribution is 6.31. The molecule has 5 heteroatoms. The Labute approximate surface area is 120 Å². The summed E-state index contributed by atoms with van der Waals surface area (Å²) in [5, 5.41) is 10.1. The molecule has 2 aromatic rings. The van der Waals surface area contributed by atoms with Crippen molar-refractivity contribution in [3.05, 3.63) is 58.9 Å². The number of carbonyl (C=O) groups excluding carboxylic acids is 1. The number of hydrogen-bond donors (Lipinski definition) is 1. The zero-order chi connectivity index (χ0) is 14.3. The van der Waals surface area contributed by atoms with Crippen LogP contribution >= 0.6 is 11.6 Å². The maximum atomic E-state index is 12.7.